The monoisotopic (exact) mass is 284 g/mol. The van der Waals surface area contributed by atoms with Crippen molar-refractivity contribution in [3.8, 4) is 5.75 Å². The Labute approximate surface area is 123 Å². The van der Waals surface area contributed by atoms with E-state index in [9.17, 15) is 9.59 Å². The average molecular weight is 284 g/mol. The summed E-state index contributed by atoms with van der Waals surface area (Å²) in [6, 6.07) is 15.9. The van der Waals surface area contributed by atoms with Gasteiger partial charge in [-0.1, -0.05) is 30.3 Å². The number of carboxylic acids is 1. The van der Waals surface area contributed by atoms with Crippen molar-refractivity contribution in [3.63, 3.8) is 0 Å². The van der Waals surface area contributed by atoms with E-state index < -0.39 is 5.97 Å². The van der Waals surface area contributed by atoms with Gasteiger partial charge in [-0.25, -0.2) is 0 Å². The second kappa shape index (κ2) is 7.24. The number of carbonyl (C=O) groups is 2. The van der Waals surface area contributed by atoms with Crippen molar-refractivity contribution in [2.24, 2.45) is 0 Å². The van der Waals surface area contributed by atoms with Crippen molar-refractivity contribution in [2.75, 3.05) is 6.61 Å². The Hall–Kier alpha value is -2.62. The number of ketones is 1. The van der Waals surface area contributed by atoms with Gasteiger partial charge in [0, 0.05) is 17.5 Å². The molecule has 0 saturated heterocycles. The van der Waals surface area contributed by atoms with Crippen LogP contribution in [0.4, 0.5) is 0 Å². The number of ether oxygens (including phenoxy) is 1. The maximum Gasteiger partial charge on any atom is 0.303 e. The fourth-order valence-corrected chi connectivity index (χ4v) is 1.87. The van der Waals surface area contributed by atoms with Gasteiger partial charge >= 0.3 is 5.97 Å². The minimum atomic E-state index is -0.831. The molecule has 0 heterocycles. The summed E-state index contributed by atoms with van der Waals surface area (Å²) in [5.74, 6) is -0.236. The maximum absolute atomic E-state index is 12.2. The zero-order valence-corrected chi connectivity index (χ0v) is 11.5. The van der Waals surface area contributed by atoms with Gasteiger partial charge in [-0.15, -0.1) is 0 Å². The van der Waals surface area contributed by atoms with Crippen LogP contribution >= 0.6 is 0 Å². The van der Waals surface area contributed by atoms with Crippen LogP contribution in [0.15, 0.2) is 54.6 Å². The molecule has 2 rings (SSSR count). The van der Waals surface area contributed by atoms with Gasteiger partial charge in [-0.2, -0.15) is 0 Å². The zero-order chi connectivity index (χ0) is 15.1. The first-order valence-electron chi connectivity index (χ1n) is 6.71. The van der Waals surface area contributed by atoms with E-state index in [-0.39, 0.29) is 12.2 Å². The summed E-state index contributed by atoms with van der Waals surface area (Å²) in [6.07, 6.45) is 0.546. The molecule has 0 amide bonds. The lowest BCUT2D eigenvalue weighted by atomic mass is 10.0. The first-order chi connectivity index (χ1) is 10.2. The fourth-order valence-electron chi connectivity index (χ4n) is 1.87. The van der Waals surface area contributed by atoms with Crippen LogP contribution in [0.25, 0.3) is 0 Å². The van der Waals surface area contributed by atoms with Gasteiger partial charge in [-0.3, -0.25) is 9.59 Å². The Morgan fingerprint density at radius 3 is 2.14 bits per heavy atom. The molecule has 0 unspecified atom stereocenters. The Bertz CT molecular complexity index is 602. The van der Waals surface area contributed by atoms with Crippen LogP contribution in [0.5, 0.6) is 5.75 Å². The van der Waals surface area contributed by atoms with Crippen LogP contribution in [0.1, 0.15) is 28.8 Å². The second-order valence-corrected chi connectivity index (χ2v) is 4.57. The molecule has 0 atom stereocenters. The lowest BCUT2D eigenvalue weighted by Gasteiger charge is -2.06. The molecule has 0 aliphatic heterocycles. The summed E-state index contributed by atoms with van der Waals surface area (Å²) in [7, 11) is 0. The summed E-state index contributed by atoms with van der Waals surface area (Å²) in [6.45, 7) is 0.346. The predicted octanol–water partition coefficient (Wildman–Crippen LogP) is 3.16. The fraction of sp³-hybridized carbons (Fsp3) is 0.176. The Morgan fingerprint density at radius 1 is 0.905 bits per heavy atom. The summed E-state index contributed by atoms with van der Waals surface area (Å²) >= 11 is 0. The molecule has 1 N–H and O–H groups in total. The number of benzene rings is 2. The molecule has 4 heteroatoms. The first-order valence-corrected chi connectivity index (χ1v) is 6.71. The van der Waals surface area contributed by atoms with Crippen LogP contribution in [-0.2, 0) is 4.79 Å². The molecule has 4 nitrogen and oxygen atoms in total. The topological polar surface area (TPSA) is 63.6 Å². The normalized spacial score (nSPS) is 10.1. The van der Waals surface area contributed by atoms with Crippen LogP contribution in [0.2, 0.25) is 0 Å². The van der Waals surface area contributed by atoms with Crippen molar-refractivity contribution in [2.45, 2.75) is 12.8 Å². The third-order valence-corrected chi connectivity index (χ3v) is 2.96. The predicted molar refractivity (Wildman–Crippen MR) is 78.7 cm³/mol. The summed E-state index contributed by atoms with van der Waals surface area (Å²) in [5, 5.41) is 8.52. The van der Waals surface area contributed by atoms with E-state index in [1.165, 1.54) is 0 Å². The van der Waals surface area contributed by atoms with E-state index in [4.69, 9.17) is 9.84 Å². The van der Waals surface area contributed by atoms with Gasteiger partial charge in [0.05, 0.1) is 6.61 Å². The first kappa shape index (κ1) is 14.8. The van der Waals surface area contributed by atoms with Gasteiger partial charge in [0.15, 0.2) is 5.78 Å². The molecular formula is C17H16O4. The van der Waals surface area contributed by atoms with Crippen molar-refractivity contribution in [1.82, 2.24) is 0 Å². The van der Waals surface area contributed by atoms with Crippen molar-refractivity contribution in [1.29, 1.82) is 0 Å². The van der Waals surface area contributed by atoms with Gasteiger partial charge in [0.1, 0.15) is 5.75 Å². The SMILES string of the molecule is O=C(O)CCCOc1ccc(C(=O)c2ccccc2)cc1. The summed E-state index contributed by atoms with van der Waals surface area (Å²) in [5.41, 5.74) is 1.24. The number of aliphatic carboxylic acids is 1. The quantitative estimate of drug-likeness (QED) is 0.626. The molecule has 0 bridgehead atoms. The van der Waals surface area contributed by atoms with Crippen molar-refractivity contribution in [3.05, 3.63) is 65.7 Å². The highest BCUT2D eigenvalue weighted by Gasteiger charge is 2.08. The Kier molecular flexibility index (Phi) is 5.10. The molecule has 0 saturated carbocycles. The van der Waals surface area contributed by atoms with E-state index >= 15 is 0 Å². The highest BCUT2D eigenvalue weighted by molar-refractivity contribution is 6.08. The summed E-state index contributed by atoms with van der Waals surface area (Å²) < 4.78 is 5.42. The highest BCUT2D eigenvalue weighted by Crippen LogP contribution is 2.15. The van der Waals surface area contributed by atoms with Gasteiger partial charge in [0.2, 0.25) is 0 Å². The molecule has 0 radical (unpaired) electrons. The Morgan fingerprint density at radius 2 is 1.52 bits per heavy atom. The lowest BCUT2D eigenvalue weighted by Crippen LogP contribution is -2.03. The third kappa shape index (κ3) is 4.45. The van der Waals surface area contributed by atoms with Crippen molar-refractivity contribution >= 4 is 11.8 Å². The molecule has 21 heavy (non-hydrogen) atoms. The molecule has 2 aromatic rings. The van der Waals surface area contributed by atoms with Crippen molar-refractivity contribution < 1.29 is 19.4 Å². The smallest absolute Gasteiger partial charge is 0.303 e. The number of carbonyl (C=O) groups excluding carboxylic acids is 1. The molecule has 0 fully saturated rings. The maximum atomic E-state index is 12.2. The van der Waals surface area contributed by atoms with E-state index in [0.29, 0.717) is 29.9 Å². The number of hydrogen-bond donors (Lipinski definition) is 1. The van der Waals surface area contributed by atoms with Gasteiger partial charge in [-0.05, 0) is 30.7 Å². The van der Waals surface area contributed by atoms with Gasteiger partial charge < -0.3 is 9.84 Å². The van der Waals surface area contributed by atoms with E-state index in [2.05, 4.69) is 0 Å². The molecule has 0 spiro atoms. The van der Waals surface area contributed by atoms with Gasteiger partial charge in [0.25, 0.3) is 0 Å². The number of hydrogen-bond acceptors (Lipinski definition) is 3. The highest BCUT2D eigenvalue weighted by atomic mass is 16.5. The molecule has 0 aliphatic carbocycles. The molecule has 0 aromatic heterocycles. The number of carboxylic acid groups (broad SMARTS) is 1. The molecule has 108 valence electrons. The van der Waals surface area contributed by atoms with E-state index in [1.54, 1.807) is 36.4 Å². The minimum absolute atomic E-state index is 0.0342. The number of rotatable bonds is 7. The van der Waals surface area contributed by atoms with Crippen LogP contribution in [-0.4, -0.2) is 23.5 Å². The van der Waals surface area contributed by atoms with E-state index in [0.717, 1.165) is 0 Å². The van der Waals surface area contributed by atoms with Crippen LogP contribution < -0.4 is 4.74 Å². The van der Waals surface area contributed by atoms with Crippen LogP contribution in [0, 0.1) is 0 Å². The van der Waals surface area contributed by atoms with E-state index in [1.807, 2.05) is 18.2 Å². The average Bonchev–Trinajstić information content (AvgIpc) is 2.52. The van der Waals surface area contributed by atoms with Crippen LogP contribution in [0.3, 0.4) is 0 Å². The molecule has 2 aromatic carbocycles. The minimum Gasteiger partial charge on any atom is -0.494 e. The Balaban J connectivity index is 1.93. The third-order valence-electron chi connectivity index (χ3n) is 2.96. The summed E-state index contributed by atoms with van der Waals surface area (Å²) in [4.78, 5) is 22.6. The second-order valence-electron chi connectivity index (χ2n) is 4.57. The lowest BCUT2D eigenvalue weighted by molar-refractivity contribution is -0.137. The largest absolute Gasteiger partial charge is 0.494 e. The standard InChI is InChI=1S/C17H16O4/c18-16(19)7-4-12-21-15-10-8-14(9-11-15)17(20)13-5-2-1-3-6-13/h1-3,5-6,8-11H,4,7,12H2,(H,18,19). The zero-order valence-electron chi connectivity index (χ0n) is 11.5. The molecule has 0 aliphatic rings. The molecular weight excluding hydrogens is 268 g/mol.